The molecule has 0 saturated carbocycles. The number of nitrogens with one attached hydrogen (secondary N) is 1. The molecule has 15 heavy (non-hydrogen) atoms. The van der Waals surface area contributed by atoms with E-state index in [4.69, 9.17) is 11.6 Å². The Kier molecular flexibility index (Phi) is 2.96. The molecule has 0 bridgehead atoms. The predicted molar refractivity (Wildman–Crippen MR) is 57.0 cm³/mol. The minimum atomic E-state index is 0.387. The number of alkyl halides is 1. The molecule has 2 aromatic rings. The number of anilines is 1. The van der Waals surface area contributed by atoms with Gasteiger partial charge in [0, 0.05) is 12.4 Å². The number of aromatic nitrogens is 5. The third kappa shape index (κ3) is 2.15. The lowest BCUT2D eigenvalue weighted by atomic mass is 10.2. The van der Waals surface area contributed by atoms with Crippen molar-refractivity contribution in [2.75, 3.05) is 17.7 Å². The second-order valence-electron chi connectivity index (χ2n) is 3.38. The first kappa shape index (κ1) is 10.1. The van der Waals surface area contributed by atoms with Crippen LogP contribution in [-0.4, -0.2) is 37.4 Å². The molecule has 0 aliphatic carbocycles. The average Bonchev–Trinajstić information content (AvgIpc) is 2.74. The van der Waals surface area contributed by atoms with Crippen LogP contribution in [0, 0.1) is 5.92 Å². The van der Waals surface area contributed by atoms with Gasteiger partial charge in [-0.05, 0) is 16.3 Å². The highest BCUT2D eigenvalue weighted by atomic mass is 35.5. The first-order chi connectivity index (χ1) is 7.31. The zero-order valence-electron chi connectivity index (χ0n) is 8.26. The highest BCUT2D eigenvalue weighted by Gasteiger charge is 2.05. The molecule has 2 aromatic heterocycles. The molecule has 0 aliphatic rings. The molecule has 80 valence electrons. The number of fused-ring (bicyclic) bond motifs is 1. The summed E-state index contributed by atoms with van der Waals surface area (Å²) in [5.41, 5.74) is 0.624. The molecule has 2 heterocycles. The minimum Gasteiger partial charge on any atom is -0.368 e. The zero-order valence-corrected chi connectivity index (χ0v) is 9.02. The van der Waals surface area contributed by atoms with E-state index in [0.29, 0.717) is 17.4 Å². The van der Waals surface area contributed by atoms with Gasteiger partial charge in [0.15, 0.2) is 5.65 Å². The molecule has 1 unspecified atom stereocenters. The van der Waals surface area contributed by atoms with Gasteiger partial charge in [0.1, 0.15) is 5.82 Å². The number of rotatable bonds is 4. The number of nitrogens with zero attached hydrogens (tertiary/aromatic N) is 5. The van der Waals surface area contributed by atoms with Crippen molar-refractivity contribution in [2.24, 2.45) is 5.92 Å². The Morgan fingerprint density at radius 1 is 1.53 bits per heavy atom. The minimum absolute atomic E-state index is 0.387. The number of hydrogen-bond acceptors (Lipinski definition) is 5. The Balaban J connectivity index is 2.17. The summed E-state index contributed by atoms with van der Waals surface area (Å²) in [6, 6.07) is 0. The van der Waals surface area contributed by atoms with Crippen molar-refractivity contribution >= 4 is 23.1 Å². The van der Waals surface area contributed by atoms with Crippen LogP contribution in [0.15, 0.2) is 12.4 Å². The van der Waals surface area contributed by atoms with E-state index >= 15 is 0 Å². The lowest BCUT2D eigenvalue weighted by Gasteiger charge is -2.10. The van der Waals surface area contributed by atoms with Gasteiger partial charge in [-0.2, -0.15) is 4.52 Å². The van der Waals surface area contributed by atoms with Crippen LogP contribution < -0.4 is 5.32 Å². The molecule has 0 amide bonds. The van der Waals surface area contributed by atoms with E-state index in [1.165, 1.54) is 0 Å². The van der Waals surface area contributed by atoms with Crippen molar-refractivity contribution in [1.29, 1.82) is 0 Å². The first-order valence-corrected chi connectivity index (χ1v) is 5.16. The van der Waals surface area contributed by atoms with Crippen LogP contribution >= 0.6 is 11.6 Å². The molecular weight excluding hydrogens is 216 g/mol. The third-order valence-electron chi connectivity index (χ3n) is 2.00. The average molecular weight is 227 g/mol. The molecule has 1 atom stereocenters. The lowest BCUT2D eigenvalue weighted by molar-refractivity contribution is 0.689. The van der Waals surface area contributed by atoms with Crippen LogP contribution in [0.25, 0.3) is 5.65 Å². The Labute approximate surface area is 91.6 Å². The van der Waals surface area contributed by atoms with Gasteiger partial charge >= 0.3 is 0 Å². The molecule has 0 aromatic carbocycles. The topological polar surface area (TPSA) is 68.0 Å². The van der Waals surface area contributed by atoms with Crippen molar-refractivity contribution < 1.29 is 0 Å². The van der Waals surface area contributed by atoms with Crippen molar-refractivity contribution in [3.8, 4) is 0 Å². The van der Waals surface area contributed by atoms with E-state index in [-0.39, 0.29) is 0 Å². The molecule has 2 rings (SSSR count). The largest absolute Gasteiger partial charge is 0.368 e. The molecule has 0 spiro atoms. The summed E-state index contributed by atoms with van der Waals surface area (Å²) in [7, 11) is 0. The van der Waals surface area contributed by atoms with Gasteiger partial charge < -0.3 is 5.32 Å². The second kappa shape index (κ2) is 4.39. The van der Waals surface area contributed by atoms with Gasteiger partial charge in [0.05, 0.1) is 12.4 Å². The summed E-state index contributed by atoms with van der Waals surface area (Å²) in [6.07, 6.45) is 3.29. The SMILES string of the molecule is CC(CCl)CNc1cncc2nnnn12. The third-order valence-corrected chi connectivity index (χ3v) is 2.53. The summed E-state index contributed by atoms with van der Waals surface area (Å²) >= 11 is 5.71. The summed E-state index contributed by atoms with van der Waals surface area (Å²) in [5, 5.41) is 14.4. The maximum absolute atomic E-state index is 5.71. The summed E-state index contributed by atoms with van der Waals surface area (Å²) in [5.74, 6) is 1.78. The van der Waals surface area contributed by atoms with Crippen molar-refractivity contribution in [3.05, 3.63) is 12.4 Å². The first-order valence-electron chi connectivity index (χ1n) is 4.63. The fourth-order valence-corrected chi connectivity index (χ4v) is 1.24. The molecule has 0 radical (unpaired) electrons. The molecule has 0 aliphatic heterocycles. The molecule has 0 fully saturated rings. The molecule has 1 N–H and O–H groups in total. The van der Waals surface area contributed by atoms with E-state index in [1.807, 2.05) is 0 Å². The van der Waals surface area contributed by atoms with Crippen molar-refractivity contribution in [3.63, 3.8) is 0 Å². The second-order valence-corrected chi connectivity index (χ2v) is 3.69. The Morgan fingerprint density at radius 3 is 3.20 bits per heavy atom. The van der Waals surface area contributed by atoms with Gasteiger partial charge in [0.2, 0.25) is 0 Å². The van der Waals surface area contributed by atoms with Crippen LogP contribution in [-0.2, 0) is 0 Å². The van der Waals surface area contributed by atoms with Gasteiger partial charge in [-0.1, -0.05) is 6.92 Å². The van der Waals surface area contributed by atoms with Crippen molar-refractivity contribution in [2.45, 2.75) is 6.92 Å². The van der Waals surface area contributed by atoms with Gasteiger partial charge in [-0.25, -0.2) is 0 Å². The molecule has 0 saturated heterocycles. The monoisotopic (exact) mass is 226 g/mol. The summed E-state index contributed by atoms with van der Waals surface area (Å²) in [6.45, 7) is 2.83. The van der Waals surface area contributed by atoms with E-state index < -0.39 is 0 Å². The highest BCUT2D eigenvalue weighted by Crippen LogP contribution is 2.07. The standard InChI is InChI=1S/C8H11ClN6/c1-6(2-9)3-11-7-4-10-5-8-12-13-14-15(7)8/h4-6,11H,2-3H2,1H3. The molecule has 6 nitrogen and oxygen atoms in total. The quantitative estimate of drug-likeness (QED) is 0.782. The van der Waals surface area contributed by atoms with E-state index in [9.17, 15) is 0 Å². The van der Waals surface area contributed by atoms with Crippen LogP contribution in [0.1, 0.15) is 6.92 Å². The Hall–Kier alpha value is -1.43. The van der Waals surface area contributed by atoms with Crippen LogP contribution in [0.2, 0.25) is 0 Å². The Morgan fingerprint density at radius 2 is 2.40 bits per heavy atom. The molecular formula is C8H11ClN6. The maximum Gasteiger partial charge on any atom is 0.199 e. The number of halogens is 1. The highest BCUT2D eigenvalue weighted by molar-refractivity contribution is 6.18. The van der Waals surface area contributed by atoms with E-state index in [0.717, 1.165) is 12.4 Å². The van der Waals surface area contributed by atoms with Crippen LogP contribution in [0.4, 0.5) is 5.82 Å². The normalized spacial score (nSPS) is 12.9. The van der Waals surface area contributed by atoms with Crippen molar-refractivity contribution in [1.82, 2.24) is 25.0 Å². The fourth-order valence-electron chi connectivity index (χ4n) is 1.13. The summed E-state index contributed by atoms with van der Waals surface area (Å²) in [4.78, 5) is 4.03. The fraction of sp³-hybridized carbons (Fsp3) is 0.500. The van der Waals surface area contributed by atoms with E-state index in [2.05, 4.69) is 32.7 Å². The maximum atomic E-state index is 5.71. The van der Waals surface area contributed by atoms with Gasteiger partial charge in [-0.3, -0.25) is 4.98 Å². The zero-order chi connectivity index (χ0) is 10.7. The molecule has 7 heteroatoms. The van der Waals surface area contributed by atoms with Gasteiger partial charge in [-0.15, -0.1) is 16.7 Å². The smallest absolute Gasteiger partial charge is 0.199 e. The number of tetrazole rings is 1. The summed E-state index contributed by atoms with van der Waals surface area (Å²) < 4.78 is 1.61. The van der Waals surface area contributed by atoms with Crippen LogP contribution in [0.3, 0.4) is 0 Å². The predicted octanol–water partition coefficient (Wildman–Crippen LogP) is 0.806. The number of hydrogen-bond donors (Lipinski definition) is 1. The van der Waals surface area contributed by atoms with Gasteiger partial charge in [0.25, 0.3) is 0 Å². The van der Waals surface area contributed by atoms with E-state index in [1.54, 1.807) is 16.9 Å². The van der Waals surface area contributed by atoms with Crippen LogP contribution in [0.5, 0.6) is 0 Å². The lowest BCUT2D eigenvalue weighted by Crippen LogP contribution is -2.14. The Bertz CT molecular complexity index is 441.